The van der Waals surface area contributed by atoms with E-state index in [1.165, 1.54) is 23.5 Å². The minimum absolute atomic E-state index is 0.340. The Morgan fingerprint density at radius 2 is 1.77 bits per heavy atom. The van der Waals surface area contributed by atoms with E-state index < -0.39 is 11.7 Å². The van der Waals surface area contributed by atoms with E-state index in [-0.39, 0.29) is 0 Å². The number of hydrogen-bond donors (Lipinski definition) is 0. The molecule has 3 rings (SSSR count). The molecule has 0 N–H and O–H groups in total. The maximum Gasteiger partial charge on any atom is 0.416 e. The number of thiophene rings is 1. The minimum atomic E-state index is -4.40. The Morgan fingerprint density at radius 3 is 2.33 bits per heavy atom. The summed E-state index contributed by atoms with van der Waals surface area (Å²) < 4.78 is 38.7. The number of alkyl halides is 3. The van der Waals surface area contributed by atoms with Crippen molar-refractivity contribution in [2.45, 2.75) is 20.0 Å². The average Bonchev–Trinajstić information content (AvgIpc) is 3.06. The molecule has 30 heavy (non-hydrogen) atoms. The van der Waals surface area contributed by atoms with Gasteiger partial charge in [0.2, 0.25) is 0 Å². The van der Waals surface area contributed by atoms with Gasteiger partial charge in [-0.15, -0.1) is 11.3 Å². The molecular weight excluding hydrogens is 411 g/mol. The van der Waals surface area contributed by atoms with Gasteiger partial charge >= 0.3 is 6.18 Å². The lowest BCUT2D eigenvalue weighted by atomic mass is 10.1. The van der Waals surface area contributed by atoms with Crippen LogP contribution in [0.4, 0.5) is 19.0 Å². The fourth-order valence-corrected chi connectivity index (χ4v) is 4.00. The number of hydrogen-bond acceptors (Lipinski definition) is 6. The Hall–Kier alpha value is -2.70. The molecule has 0 fully saturated rings. The Labute approximate surface area is 177 Å². The van der Waals surface area contributed by atoms with Gasteiger partial charge in [0.25, 0.3) is 0 Å². The van der Waals surface area contributed by atoms with Gasteiger partial charge in [0.05, 0.1) is 10.9 Å². The zero-order chi connectivity index (χ0) is 22.1. The highest BCUT2D eigenvalue weighted by Crippen LogP contribution is 2.37. The molecule has 0 radical (unpaired) electrons. The predicted molar refractivity (Wildman–Crippen MR) is 114 cm³/mol. The third-order valence-corrected chi connectivity index (χ3v) is 6.15. The van der Waals surface area contributed by atoms with Crippen molar-refractivity contribution in [3.05, 3.63) is 40.3 Å². The second-order valence-electron chi connectivity index (χ2n) is 7.11. The van der Waals surface area contributed by atoms with E-state index >= 15 is 0 Å². The van der Waals surface area contributed by atoms with Gasteiger partial charge in [0.1, 0.15) is 21.6 Å². The van der Waals surface area contributed by atoms with Crippen LogP contribution in [0.1, 0.15) is 22.9 Å². The third kappa shape index (κ3) is 4.40. The van der Waals surface area contributed by atoms with E-state index in [0.29, 0.717) is 33.5 Å². The highest BCUT2D eigenvalue weighted by molar-refractivity contribution is 7.19. The summed E-state index contributed by atoms with van der Waals surface area (Å²) in [6.45, 7) is 6.39. The van der Waals surface area contributed by atoms with Crippen LogP contribution in [-0.2, 0) is 6.18 Å². The number of nitrogens with zero attached hydrogens (tertiary/aromatic N) is 5. The van der Waals surface area contributed by atoms with Gasteiger partial charge in [0, 0.05) is 25.7 Å². The SMILES string of the molecule is CCN(C)CCN(C)c1nc(-c2ccc(C(F)(F)F)cc2)nc2sc(C#N)c(C)c12. The Bertz CT molecular complexity index is 1080. The first kappa shape index (κ1) is 22.0. The van der Waals surface area contributed by atoms with Crippen molar-refractivity contribution >= 4 is 27.4 Å². The van der Waals surface area contributed by atoms with Gasteiger partial charge in [-0.05, 0) is 38.2 Å². The monoisotopic (exact) mass is 433 g/mol. The van der Waals surface area contributed by atoms with Crippen molar-refractivity contribution in [3.63, 3.8) is 0 Å². The van der Waals surface area contributed by atoms with Gasteiger partial charge in [-0.2, -0.15) is 18.4 Å². The number of fused-ring (bicyclic) bond motifs is 1. The molecule has 3 aromatic rings. The molecule has 2 heterocycles. The molecule has 0 aliphatic carbocycles. The quantitative estimate of drug-likeness (QED) is 0.551. The minimum Gasteiger partial charge on any atom is -0.358 e. The molecule has 0 aliphatic rings. The van der Waals surface area contributed by atoms with Gasteiger partial charge < -0.3 is 9.80 Å². The first-order valence-electron chi connectivity index (χ1n) is 9.44. The number of rotatable bonds is 6. The van der Waals surface area contributed by atoms with Gasteiger partial charge in [0.15, 0.2) is 5.82 Å². The first-order valence-corrected chi connectivity index (χ1v) is 10.3. The molecule has 0 aliphatic heterocycles. The second kappa shape index (κ2) is 8.58. The molecule has 0 spiro atoms. The van der Waals surface area contributed by atoms with Crippen LogP contribution >= 0.6 is 11.3 Å². The summed E-state index contributed by atoms with van der Waals surface area (Å²) in [6.07, 6.45) is -4.40. The van der Waals surface area contributed by atoms with E-state index in [1.54, 1.807) is 0 Å². The van der Waals surface area contributed by atoms with Crippen molar-refractivity contribution in [2.75, 3.05) is 38.6 Å². The average molecular weight is 434 g/mol. The number of aromatic nitrogens is 2. The van der Waals surface area contributed by atoms with Crippen molar-refractivity contribution in [3.8, 4) is 17.5 Å². The van der Waals surface area contributed by atoms with Crippen LogP contribution in [0.15, 0.2) is 24.3 Å². The van der Waals surface area contributed by atoms with Crippen LogP contribution < -0.4 is 4.90 Å². The lowest BCUT2D eigenvalue weighted by molar-refractivity contribution is -0.137. The number of benzene rings is 1. The molecule has 1 aromatic carbocycles. The van der Waals surface area contributed by atoms with Crippen LogP contribution in [0.25, 0.3) is 21.6 Å². The highest BCUT2D eigenvalue weighted by Gasteiger charge is 2.30. The van der Waals surface area contributed by atoms with Crippen LogP contribution in [-0.4, -0.2) is 48.6 Å². The van der Waals surface area contributed by atoms with E-state index in [1.807, 2.05) is 25.9 Å². The summed E-state index contributed by atoms with van der Waals surface area (Å²) >= 11 is 1.27. The Balaban J connectivity index is 2.09. The third-order valence-electron chi connectivity index (χ3n) is 5.06. The van der Waals surface area contributed by atoms with E-state index in [2.05, 4.69) is 27.9 Å². The summed E-state index contributed by atoms with van der Waals surface area (Å²) in [6, 6.07) is 7.01. The number of halogens is 3. The summed E-state index contributed by atoms with van der Waals surface area (Å²) in [7, 11) is 3.95. The summed E-state index contributed by atoms with van der Waals surface area (Å²) in [4.78, 5) is 14.6. The maximum absolute atomic E-state index is 12.9. The molecular formula is C21H22F3N5S. The normalized spacial score (nSPS) is 11.8. The predicted octanol–water partition coefficient (Wildman–Crippen LogP) is 4.95. The molecule has 0 saturated heterocycles. The molecule has 2 aromatic heterocycles. The maximum atomic E-state index is 12.9. The Morgan fingerprint density at radius 1 is 1.10 bits per heavy atom. The molecule has 0 unspecified atom stereocenters. The second-order valence-corrected chi connectivity index (χ2v) is 8.11. The topological polar surface area (TPSA) is 56.1 Å². The van der Waals surface area contributed by atoms with E-state index in [9.17, 15) is 18.4 Å². The van der Waals surface area contributed by atoms with Gasteiger partial charge in [-0.3, -0.25) is 0 Å². The van der Waals surface area contributed by atoms with Crippen molar-refractivity contribution in [1.82, 2.24) is 14.9 Å². The molecule has 0 atom stereocenters. The summed E-state index contributed by atoms with van der Waals surface area (Å²) in [5, 5.41) is 10.2. The number of anilines is 1. The van der Waals surface area contributed by atoms with Crippen LogP contribution in [0, 0.1) is 18.3 Å². The molecule has 5 nitrogen and oxygen atoms in total. The standard InChI is InChI=1S/C21H22F3N5S/c1-5-28(3)10-11-29(4)19-17-13(2)16(12-25)30-20(17)27-18(26-19)14-6-8-15(9-7-14)21(22,23)24/h6-9H,5,10-11H2,1-4H3. The fourth-order valence-electron chi connectivity index (χ4n) is 3.02. The van der Waals surface area contributed by atoms with Crippen molar-refractivity contribution < 1.29 is 13.2 Å². The van der Waals surface area contributed by atoms with Crippen LogP contribution in [0.3, 0.4) is 0 Å². The lowest BCUT2D eigenvalue weighted by Crippen LogP contribution is -2.31. The molecule has 9 heteroatoms. The fraction of sp³-hybridized carbons (Fsp3) is 0.381. The zero-order valence-electron chi connectivity index (χ0n) is 17.2. The summed E-state index contributed by atoms with van der Waals surface area (Å²) in [5.41, 5.74) is 0.600. The lowest BCUT2D eigenvalue weighted by Gasteiger charge is -2.23. The van der Waals surface area contributed by atoms with Crippen molar-refractivity contribution in [1.29, 1.82) is 5.26 Å². The molecule has 158 valence electrons. The Kier molecular flexibility index (Phi) is 6.29. The van der Waals surface area contributed by atoms with Crippen molar-refractivity contribution in [2.24, 2.45) is 0 Å². The van der Waals surface area contributed by atoms with Gasteiger partial charge in [-0.1, -0.05) is 19.1 Å². The molecule has 0 saturated carbocycles. The van der Waals surface area contributed by atoms with E-state index in [4.69, 9.17) is 0 Å². The van der Waals surface area contributed by atoms with Crippen LogP contribution in [0.2, 0.25) is 0 Å². The molecule has 0 bridgehead atoms. The first-order chi connectivity index (χ1) is 14.2. The smallest absolute Gasteiger partial charge is 0.358 e. The van der Waals surface area contributed by atoms with Gasteiger partial charge in [-0.25, -0.2) is 9.97 Å². The number of likely N-dealkylation sites (N-methyl/N-ethyl adjacent to an activating group) is 2. The van der Waals surface area contributed by atoms with Crippen LogP contribution in [0.5, 0.6) is 0 Å². The molecule has 0 amide bonds. The number of aryl methyl sites for hydroxylation is 1. The highest BCUT2D eigenvalue weighted by atomic mass is 32.1. The largest absolute Gasteiger partial charge is 0.416 e. The summed E-state index contributed by atoms with van der Waals surface area (Å²) in [5.74, 6) is 1.02. The zero-order valence-corrected chi connectivity index (χ0v) is 18.0. The van der Waals surface area contributed by atoms with E-state index in [0.717, 1.165) is 36.2 Å². The number of nitriles is 1.